The number of nitrogens with one attached hydrogen (secondary N) is 2. The number of anilines is 1. The van der Waals surface area contributed by atoms with Gasteiger partial charge in [-0.25, -0.2) is 0 Å². The molecule has 2 heterocycles. The fraction of sp³-hybridized carbons (Fsp3) is 0.438. The molecular weight excluding hydrogens is 264 g/mol. The van der Waals surface area contributed by atoms with E-state index < -0.39 is 0 Å². The van der Waals surface area contributed by atoms with Gasteiger partial charge in [0.25, 0.3) is 5.91 Å². The van der Waals surface area contributed by atoms with Crippen LogP contribution in [0.2, 0.25) is 0 Å². The second-order valence-electron chi connectivity index (χ2n) is 5.85. The van der Waals surface area contributed by atoms with E-state index in [0.717, 1.165) is 23.9 Å². The van der Waals surface area contributed by atoms with E-state index in [1.54, 1.807) is 6.20 Å². The van der Waals surface area contributed by atoms with Crippen LogP contribution in [0.4, 0.5) is 5.69 Å². The Morgan fingerprint density at radius 1 is 1.48 bits per heavy atom. The van der Waals surface area contributed by atoms with Crippen molar-refractivity contribution in [3.05, 3.63) is 30.0 Å². The van der Waals surface area contributed by atoms with Gasteiger partial charge in [-0.3, -0.25) is 4.79 Å². The zero-order valence-electron chi connectivity index (χ0n) is 12.4. The Hall–Kier alpha value is -2.01. The first-order valence-electron chi connectivity index (χ1n) is 7.50. The van der Waals surface area contributed by atoms with Crippen molar-refractivity contribution in [2.75, 3.05) is 25.9 Å². The van der Waals surface area contributed by atoms with Crippen molar-refractivity contribution >= 4 is 22.5 Å². The van der Waals surface area contributed by atoms with E-state index in [1.807, 2.05) is 18.2 Å². The summed E-state index contributed by atoms with van der Waals surface area (Å²) in [7, 11) is 2.13. The summed E-state index contributed by atoms with van der Waals surface area (Å²) in [5.74, 6) is -0.0232. The normalized spacial score (nSPS) is 19.8. The zero-order chi connectivity index (χ0) is 14.8. The number of likely N-dealkylation sites (N-methyl/N-ethyl adjacent to an activating group) is 1. The fourth-order valence-corrected chi connectivity index (χ4v) is 3.04. The van der Waals surface area contributed by atoms with Gasteiger partial charge < -0.3 is 20.9 Å². The molecule has 0 radical (unpaired) electrons. The van der Waals surface area contributed by atoms with Gasteiger partial charge in [-0.1, -0.05) is 6.42 Å². The molecule has 2 aromatic rings. The summed E-state index contributed by atoms with van der Waals surface area (Å²) in [6.07, 6.45) is 5.41. The van der Waals surface area contributed by atoms with Gasteiger partial charge in [0.15, 0.2) is 0 Å². The van der Waals surface area contributed by atoms with Crippen molar-refractivity contribution in [3.63, 3.8) is 0 Å². The SMILES string of the molecule is CN1CCCCC1CNC(=O)c1c[nH]c2cc(N)ccc12. The molecule has 1 aliphatic heterocycles. The van der Waals surface area contributed by atoms with Gasteiger partial charge in [-0.05, 0) is 44.6 Å². The van der Waals surface area contributed by atoms with E-state index in [9.17, 15) is 4.79 Å². The highest BCUT2D eigenvalue weighted by molar-refractivity contribution is 6.07. The van der Waals surface area contributed by atoms with Crippen molar-refractivity contribution < 1.29 is 4.79 Å². The Morgan fingerprint density at radius 3 is 3.14 bits per heavy atom. The topological polar surface area (TPSA) is 74.2 Å². The van der Waals surface area contributed by atoms with Crippen LogP contribution in [0.5, 0.6) is 0 Å². The number of amides is 1. The minimum Gasteiger partial charge on any atom is -0.399 e. The molecule has 1 amide bonds. The molecule has 112 valence electrons. The summed E-state index contributed by atoms with van der Waals surface area (Å²) in [5.41, 5.74) is 8.03. The van der Waals surface area contributed by atoms with Gasteiger partial charge in [0.1, 0.15) is 0 Å². The van der Waals surface area contributed by atoms with Crippen LogP contribution in [0.25, 0.3) is 10.9 Å². The summed E-state index contributed by atoms with van der Waals surface area (Å²) in [5, 5.41) is 3.98. The summed E-state index contributed by atoms with van der Waals surface area (Å²) >= 11 is 0. The third kappa shape index (κ3) is 2.88. The lowest BCUT2D eigenvalue weighted by molar-refractivity contribution is 0.0930. The predicted molar refractivity (Wildman–Crippen MR) is 85.3 cm³/mol. The molecule has 4 N–H and O–H groups in total. The number of fused-ring (bicyclic) bond motifs is 1. The van der Waals surface area contributed by atoms with Crippen molar-refractivity contribution in [2.45, 2.75) is 25.3 Å². The van der Waals surface area contributed by atoms with Gasteiger partial charge in [0, 0.05) is 35.4 Å². The third-order valence-corrected chi connectivity index (χ3v) is 4.37. The van der Waals surface area contributed by atoms with Gasteiger partial charge in [-0.15, -0.1) is 0 Å². The minimum atomic E-state index is -0.0232. The van der Waals surface area contributed by atoms with Crippen LogP contribution in [0.3, 0.4) is 0 Å². The molecule has 1 unspecified atom stereocenters. The Balaban J connectivity index is 1.69. The highest BCUT2D eigenvalue weighted by Crippen LogP contribution is 2.21. The molecule has 1 saturated heterocycles. The molecule has 0 spiro atoms. The lowest BCUT2D eigenvalue weighted by Gasteiger charge is -2.32. The highest BCUT2D eigenvalue weighted by Gasteiger charge is 2.20. The monoisotopic (exact) mass is 286 g/mol. The molecule has 5 heteroatoms. The molecule has 1 atom stereocenters. The molecule has 3 rings (SSSR count). The largest absolute Gasteiger partial charge is 0.399 e. The number of carbonyl (C=O) groups excluding carboxylic acids is 1. The quantitative estimate of drug-likeness (QED) is 0.755. The van der Waals surface area contributed by atoms with Crippen molar-refractivity contribution in [2.24, 2.45) is 0 Å². The average molecular weight is 286 g/mol. The maximum Gasteiger partial charge on any atom is 0.253 e. The standard InChI is InChI=1S/C16H22N4O/c1-20-7-3-2-4-12(20)9-19-16(21)14-10-18-15-8-11(17)5-6-13(14)15/h5-6,8,10,12,18H,2-4,7,9,17H2,1H3,(H,19,21). The number of nitrogen functional groups attached to an aromatic ring is 1. The van der Waals surface area contributed by atoms with Crippen LogP contribution in [0, 0.1) is 0 Å². The minimum absolute atomic E-state index is 0.0232. The number of rotatable bonds is 3. The number of hydrogen-bond donors (Lipinski definition) is 3. The Kier molecular flexibility index (Phi) is 3.84. The number of piperidine rings is 1. The van der Waals surface area contributed by atoms with Crippen LogP contribution in [-0.4, -0.2) is 42.0 Å². The number of nitrogens with two attached hydrogens (primary N) is 1. The van der Waals surface area contributed by atoms with E-state index in [0.29, 0.717) is 23.8 Å². The van der Waals surface area contributed by atoms with Gasteiger partial charge >= 0.3 is 0 Å². The van der Waals surface area contributed by atoms with Crippen LogP contribution >= 0.6 is 0 Å². The second kappa shape index (κ2) is 5.77. The average Bonchev–Trinajstić information content (AvgIpc) is 2.89. The second-order valence-corrected chi connectivity index (χ2v) is 5.85. The Labute approximate surface area is 124 Å². The fourth-order valence-electron chi connectivity index (χ4n) is 3.04. The lowest BCUT2D eigenvalue weighted by atomic mass is 10.0. The van der Waals surface area contributed by atoms with Gasteiger partial charge in [-0.2, -0.15) is 0 Å². The molecule has 1 aromatic carbocycles. The van der Waals surface area contributed by atoms with E-state index in [4.69, 9.17) is 5.73 Å². The smallest absolute Gasteiger partial charge is 0.253 e. The number of carbonyl (C=O) groups is 1. The number of benzene rings is 1. The molecule has 1 fully saturated rings. The number of hydrogen-bond acceptors (Lipinski definition) is 3. The molecular formula is C16H22N4O. The van der Waals surface area contributed by atoms with E-state index in [1.165, 1.54) is 12.8 Å². The molecule has 1 aromatic heterocycles. The van der Waals surface area contributed by atoms with Crippen LogP contribution in [0.1, 0.15) is 29.6 Å². The first kappa shape index (κ1) is 13.9. The molecule has 0 aliphatic carbocycles. The van der Waals surface area contributed by atoms with Crippen molar-refractivity contribution in [3.8, 4) is 0 Å². The Morgan fingerprint density at radius 2 is 2.33 bits per heavy atom. The number of aromatic amines is 1. The number of likely N-dealkylation sites (tertiary alicyclic amines) is 1. The van der Waals surface area contributed by atoms with E-state index in [-0.39, 0.29) is 5.91 Å². The van der Waals surface area contributed by atoms with E-state index in [2.05, 4.69) is 22.2 Å². The molecule has 0 saturated carbocycles. The maximum atomic E-state index is 12.4. The van der Waals surface area contributed by atoms with Gasteiger partial charge in [0.2, 0.25) is 0 Å². The first-order valence-corrected chi connectivity index (χ1v) is 7.50. The van der Waals surface area contributed by atoms with Crippen LogP contribution in [-0.2, 0) is 0 Å². The number of H-pyrrole nitrogens is 1. The highest BCUT2D eigenvalue weighted by atomic mass is 16.1. The maximum absolute atomic E-state index is 12.4. The Bertz CT molecular complexity index is 649. The summed E-state index contributed by atoms with van der Waals surface area (Å²) in [6.45, 7) is 1.82. The number of aromatic nitrogens is 1. The van der Waals surface area contributed by atoms with Crippen LogP contribution < -0.4 is 11.1 Å². The molecule has 21 heavy (non-hydrogen) atoms. The zero-order valence-corrected chi connectivity index (χ0v) is 12.4. The molecule has 5 nitrogen and oxygen atoms in total. The lowest BCUT2D eigenvalue weighted by Crippen LogP contribution is -2.44. The predicted octanol–water partition coefficient (Wildman–Crippen LogP) is 1.96. The third-order valence-electron chi connectivity index (χ3n) is 4.37. The summed E-state index contributed by atoms with van der Waals surface area (Å²) < 4.78 is 0. The van der Waals surface area contributed by atoms with Crippen molar-refractivity contribution in [1.82, 2.24) is 15.2 Å². The summed E-state index contributed by atoms with van der Waals surface area (Å²) in [4.78, 5) is 17.8. The van der Waals surface area contributed by atoms with Gasteiger partial charge in [0.05, 0.1) is 5.56 Å². The van der Waals surface area contributed by atoms with E-state index >= 15 is 0 Å². The van der Waals surface area contributed by atoms with Crippen molar-refractivity contribution in [1.29, 1.82) is 0 Å². The number of nitrogens with zero attached hydrogens (tertiary/aromatic N) is 1. The molecule has 0 bridgehead atoms. The summed E-state index contributed by atoms with van der Waals surface area (Å²) in [6, 6.07) is 6.01. The first-order chi connectivity index (χ1) is 10.1. The van der Waals surface area contributed by atoms with Crippen LogP contribution in [0.15, 0.2) is 24.4 Å². The molecule has 1 aliphatic rings.